The number of anilines is 1. The number of hydrogen-bond donors (Lipinski definition) is 3. The van der Waals surface area contributed by atoms with E-state index < -0.39 is 16.1 Å². The van der Waals surface area contributed by atoms with Gasteiger partial charge in [-0.15, -0.1) is 0 Å². The molecule has 1 aliphatic rings. The molecule has 1 saturated heterocycles. The van der Waals surface area contributed by atoms with Crippen LogP contribution in [0.1, 0.15) is 18.4 Å². The second kappa shape index (κ2) is 5.90. The number of rotatable bonds is 3. The quantitative estimate of drug-likeness (QED) is 0.757. The number of hydrogen-bond acceptors (Lipinski definition) is 4. The summed E-state index contributed by atoms with van der Waals surface area (Å²) in [5.41, 5.74) is 6.56. The minimum Gasteiger partial charge on any atom is -0.382 e. The van der Waals surface area contributed by atoms with Crippen LogP contribution in [0.2, 0.25) is 0 Å². The summed E-state index contributed by atoms with van der Waals surface area (Å²) < 4.78 is 23.0. The normalized spacial score (nSPS) is 16.8. The molecule has 7 nitrogen and oxygen atoms in total. The largest absolute Gasteiger partial charge is 0.382 e. The van der Waals surface area contributed by atoms with Gasteiger partial charge in [0.1, 0.15) is 0 Å². The number of primary amides is 1. The lowest BCUT2D eigenvalue weighted by Crippen LogP contribution is -2.44. The number of piperidine rings is 1. The fourth-order valence-electron chi connectivity index (χ4n) is 2.48. The molecule has 2 amide bonds. The molecule has 0 atom stereocenters. The Morgan fingerprint density at radius 3 is 2.48 bits per heavy atom. The van der Waals surface area contributed by atoms with E-state index in [9.17, 15) is 13.2 Å². The van der Waals surface area contributed by atoms with E-state index in [1.165, 1.54) is 0 Å². The number of nitrogens with zero attached hydrogens (tertiary/aromatic N) is 1. The predicted molar refractivity (Wildman–Crippen MR) is 80.4 cm³/mol. The number of carbonyl (C=O) groups is 1. The second-order valence-corrected chi connectivity index (χ2v) is 6.80. The van der Waals surface area contributed by atoms with Gasteiger partial charge in [-0.2, -0.15) is 0 Å². The molecule has 0 aromatic heterocycles. The van der Waals surface area contributed by atoms with E-state index in [2.05, 4.69) is 5.32 Å². The van der Waals surface area contributed by atoms with Crippen LogP contribution >= 0.6 is 0 Å². The van der Waals surface area contributed by atoms with Crippen LogP contribution in [0.5, 0.6) is 0 Å². The summed E-state index contributed by atoms with van der Waals surface area (Å²) in [4.78, 5) is 12.8. The lowest BCUT2D eigenvalue weighted by atomic mass is 10.0. The van der Waals surface area contributed by atoms with Crippen LogP contribution < -0.4 is 16.2 Å². The van der Waals surface area contributed by atoms with Gasteiger partial charge in [-0.25, -0.2) is 18.4 Å². The van der Waals surface area contributed by atoms with E-state index in [-0.39, 0.29) is 10.9 Å². The molecule has 2 rings (SSSR count). The Kier molecular flexibility index (Phi) is 4.38. The van der Waals surface area contributed by atoms with Crippen molar-refractivity contribution in [1.29, 1.82) is 0 Å². The summed E-state index contributed by atoms with van der Waals surface area (Å²) in [6.07, 6.45) is 1.53. The van der Waals surface area contributed by atoms with Gasteiger partial charge < -0.3 is 16.0 Å². The van der Waals surface area contributed by atoms with Crippen LogP contribution in [0.15, 0.2) is 23.1 Å². The van der Waals surface area contributed by atoms with Crippen LogP contribution in [0.4, 0.5) is 10.5 Å². The first-order chi connectivity index (χ1) is 9.77. The van der Waals surface area contributed by atoms with Gasteiger partial charge in [-0.1, -0.05) is 6.07 Å². The van der Waals surface area contributed by atoms with E-state index in [1.807, 2.05) is 6.07 Å². The van der Waals surface area contributed by atoms with E-state index >= 15 is 0 Å². The SMILES string of the molecule is Cc1ccc(NC2CCN(C(N)=O)CC2)cc1S(N)(=O)=O. The summed E-state index contributed by atoms with van der Waals surface area (Å²) in [6, 6.07) is 4.87. The van der Waals surface area contributed by atoms with Crippen molar-refractivity contribution < 1.29 is 13.2 Å². The fourth-order valence-corrected chi connectivity index (χ4v) is 3.28. The number of carbonyl (C=O) groups excluding carboxylic acids is 1. The summed E-state index contributed by atoms with van der Waals surface area (Å²) in [6.45, 7) is 2.90. The molecule has 1 heterocycles. The Bertz CT molecular complexity index is 637. The maximum Gasteiger partial charge on any atom is 0.314 e. The van der Waals surface area contributed by atoms with Gasteiger partial charge in [0.25, 0.3) is 0 Å². The van der Waals surface area contributed by atoms with Gasteiger partial charge in [0.05, 0.1) is 4.90 Å². The molecule has 1 fully saturated rings. The third-order valence-corrected chi connectivity index (χ3v) is 4.72. The Morgan fingerprint density at radius 2 is 1.95 bits per heavy atom. The molecule has 21 heavy (non-hydrogen) atoms. The van der Waals surface area contributed by atoms with Gasteiger partial charge in [0.2, 0.25) is 10.0 Å². The summed E-state index contributed by atoms with van der Waals surface area (Å²) >= 11 is 0. The highest BCUT2D eigenvalue weighted by Gasteiger charge is 2.21. The van der Waals surface area contributed by atoms with Gasteiger partial charge >= 0.3 is 6.03 Å². The maximum absolute atomic E-state index is 11.5. The highest BCUT2D eigenvalue weighted by Crippen LogP contribution is 2.22. The Hall–Kier alpha value is -1.80. The summed E-state index contributed by atoms with van der Waals surface area (Å²) in [7, 11) is -3.73. The fraction of sp³-hybridized carbons (Fsp3) is 0.462. The molecule has 1 aromatic rings. The molecule has 0 saturated carbocycles. The first-order valence-corrected chi connectivity index (χ1v) is 8.26. The van der Waals surface area contributed by atoms with Crippen LogP contribution in [0, 0.1) is 6.92 Å². The van der Waals surface area contributed by atoms with Crippen molar-refractivity contribution in [1.82, 2.24) is 4.90 Å². The number of sulfonamides is 1. The number of urea groups is 1. The first-order valence-electron chi connectivity index (χ1n) is 6.72. The highest BCUT2D eigenvalue weighted by molar-refractivity contribution is 7.89. The van der Waals surface area contributed by atoms with Crippen molar-refractivity contribution in [3.63, 3.8) is 0 Å². The Morgan fingerprint density at radius 1 is 1.33 bits per heavy atom. The van der Waals surface area contributed by atoms with E-state index in [0.717, 1.165) is 12.8 Å². The third-order valence-electron chi connectivity index (χ3n) is 3.67. The van der Waals surface area contributed by atoms with E-state index in [4.69, 9.17) is 10.9 Å². The summed E-state index contributed by atoms with van der Waals surface area (Å²) in [5.74, 6) is 0. The van der Waals surface area contributed by atoms with Crippen molar-refractivity contribution in [2.75, 3.05) is 18.4 Å². The average Bonchev–Trinajstić information content (AvgIpc) is 2.40. The van der Waals surface area contributed by atoms with Crippen molar-refractivity contribution in [3.8, 4) is 0 Å². The highest BCUT2D eigenvalue weighted by atomic mass is 32.2. The van der Waals surface area contributed by atoms with Crippen LogP contribution in [-0.2, 0) is 10.0 Å². The molecule has 0 unspecified atom stereocenters. The topological polar surface area (TPSA) is 119 Å². The van der Waals surface area contributed by atoms with Crippen molar-refractivity contribution in [2.45, 2.75) is 30.7 Å². The van der Waals surface area contributed by atoms with Gasteiger partial charge in [-0.3, -0.25) is 0 Å². The van der Waals surface area contributed by atoms with Gasteiger partial charge in [0.15, 0.2) is 0 Å². The molecular formula is C13H20N4O3S. The van der Waals surface area contributed by atoms with Gasteiger partial charge in [0, 0.05) is 24.8 Å². The number of nitrogens with one attached hydrogen (secondary N) is 1. The zero-order valence-corrected chi connectivity index (χ0v) is 12.7. The zero-order valence-electron chi connectivity index (χ0n) is 11.9. The molecule has 0 radical (unpaired) electrons. The zero-order chi connectivity index (χ0) is 15.6. The number of primary sulfonamides is 1. The lowest BCUT2D eigenvalue weighted by Gasteiger charge is -2.31. The smallest absolute Gasteiger partial charge is 0.314 e. The molecule has 0 bridgehead atoms. The number of likely N-dealkylation sites (tertiary alicyclic amines) is 1. The molecule has 116 valence electrons. The minimum atomic E-state index is -3.73. The minimum absolute atomic E-state index is 0.127. The third kappa shape index (κ3) is 3.85. The van der Waals surface area contributed by atoms with Crippen molar-refractivity contribution in [2.24, 2.45) is 10.9 Å². The maximum atomic E-state index is 11.5. The van der Waals surface area contributed by atoms with Gasteiger partial charge in [-0.05, 0) is 37.5 Å². The second-order valence-electron chi connectivity index (χ2n) is 5.27. The Labute approximate surface area is 124 Å². The van der Waals surface area contributed by atoms with Crippen molar-refractivity contribution in [3.05, 3.63) is 23.8 Å². The molecule has 0 aliphatic carbocycles. The standard InChI is InChI=1S/C13H20N4O3S/c1-9-2-3-11(8-12(9)21(15,19)20)16-10-4-6-17(7-5-10)13(14)18/h2-3,8,10,16H,4-7H2,1H3,(H2,14,18)(H2,15,19,20). The molecular weight excluding hydrogens is 292 g/mol. The average molecular weight is 312 g/mol. The van der Waals surface area contributed by atoms with Crippen LogP contribution in [-0.4, -0.2) is 38.5 Å². The Balaban J connectivity index is 2.06. The first kappa shape index (κ1) is 15.6. The molecule has 1 aromatic carbocycles. The molecule has 0 spiro atoms. The lowest BCUT2D eigenvalue weighted by molar-refractivity contribution is 0.193. The monoisotopic (exact) mass is 312 g/mol. The number of aryl methyl sites for hydroxylation is 1. The number of benzene rings is 1. The molecule has 5 N–H and O–H groups in total. The van der Waals surface area contributed by atoms with Crippen LogP contribution in [0.25, 0.3) is 0 Å². The number of amides is 2. The number of nitrogens with two attached hydrogens (primary N) is 2. The van der Waals surface area contributed by atoms with Crippen molar-refractivity contribution >= 4 is 21.7 Å². The molecule has 1 aliphatic heterocycles. The van der Waals surface area contributed by atoms with Crippen LogP contribution in [0.3, 0.4) is 0 Å². The van der Waals surface area contributed by atoms with E-state index in [1.54, 1.807) is 24.0 Å². The predicted octanol–water partition coefficient (Wildman–Crippen LogP) is 0.597. The van der Waals surface area contributed by atoms with E-state index in [0.29, 0.717) is 24.3 Å². The summed E-state index contributed by atoms with van der Waals surface area (Å²) in [5, 5.41) is 8.48. The molecule has 8 heteroatoms.